The summed E-state index contributed by atoms with van der Waals surface area (Å²) in [7, 11) is 1.87. The lowest BCUT2D eigenvalue weighted by molar-refractivity contribution is -0.136. The zero-order chi connectivity index (χ0) is 13.0. The van der Waals surface area contributed by atoms with Crippen LogP contribution in [-0.4, -0.2) is 25.8 Å². The van der Waals surface area contributed by atoms with Gasteiger partial charge in [-0.3, -0.25) is 9.48 Å². The van der Waals surface area contributed by atoms with Gasteiger partial charge in [-0.05, 0) is 6.07 Å². The van der Waals surface area contributed by atoms with Gasteiger partial charge in [0.25, 0.3) is 0 Å². The Balaban J connectivity index is 1.84. The molecule has 2 N–H and O–H groups in total. The van der Waals surface area contributed by atoms with Gasteiger partial charge in [-0.15, -0.1) is 11.3 Å². The van der Waals surface area contributed by atoms with Crippen molar-refractivity contribution in [1.29, 1.82) is 0 Å². The van der Waals surface area contributed by atoms with E-state index in [9.17, 15) is 4.79 Å². The molecule has 0 fully saturated rings. The summed E-state index contributed by atoms with van der Waals surface area (Å²) in [6.45, 7) is 0.618. The Bertz CT molecular complexity index is 535. The fourth-order valence-electron chi connectivity index (χ4n) is 1.46. The SMILES string of the molecule is Cn1ccc(CNc2nc(CCC(=O)O)cs2)n1. The molecule has 0 unspecified atom stereocenters. The van der Waals surface area contributed by atoms with Gasteiger partial charge in [-0.1, -0.05) is 0 Å². The Hall–Kier alpha value is -1.89. The molecule has 0 saturated heterocycles. The van der Waals surface area contributed by atoms with Crippen LogP contribution in [0.25, 0.3) is 0 Å². The van der Waals surface area contributed by atoms with Crippen LogP contribution in [0, 0.1) is 0 Å². The van der Waals surface area contributed by atoms with Crippen molar-refractivity contribution in [3.8, 4) is 0 Å². The van der Waals surface area contributed by atoms with E-state index in [1.54, 1.807) is 4.68 Å². The van der Waals surface area contributed by atoms with Crippen LogP contribution in [0.3, 0.4) is 0 Å². The molecule has 6 nitrogen and oxygen atoms in total. The zero-order valence-electron chi connectivity index (χ0n) is 9.96. The van der Waals surface area contributed by atoms with Crippen LogP contribution in [0.5, 0.6) is 0 Å². The summed E-state index contributed by atoms with van der Waals surface area (Å²) in [4.78, 5) is 14.8. The van der Waals surface area contributed by atoms with Crippen molar-refractivity contribution in [2.45, 2.75) is 19.4 Å². The predicted molar refractivity (Wildman–Crippen MR) is 68.6 cm³/mol. The van der Waals surface area contributed by atoms with E-state index in [1.165, 1.54) is 11.3 Å². The van der Waals surface area contributed by atoms with Crippen LogP contribution in [0.15, 0.2) is 17.6 Å². The smallest absolute Gasteiger partial charge is 0.303 e. The first-order valence-corrected chi connectivity index (χ1v) is 6.40. The van der Waals surface area contributed by atoms with Crippen LogP contribution >= 0.6 is 11.3 Å². The first-order valence-electron chi connectivity index (χ1n) is 5.52. The molecular formula is C11H14N4O2S. The standard InChI is InChI=1S/C11H14N4O2S/c1-15-5-4-8(14-15)6-12-11-13-9(7-18-11)2-3-10(16)17/h4-5,7H,2-3,6H2,1H3,(H,12,13)(H,16,17). The Morgan fingerprint density at radius 3 is 3.06 bits per heavy atom. The van der Waals surface area contributed by atoms with Gasteiger partial charge >= 0.3 is 5.97 Å². The molecule has 0 saturated carbocycles. The molecule has 2 aromatic heterocycles. The average molecular weight is 266 g/mol. The van der Waals surface area contributed by atoms with Crippen molar-refractivity contribution in [1.82, 2.24) is 14.8 Å². The summed E-state index contributed by atoms with van der Waals surface area (Å²) < 4.78 is 1.75. The number of nitrogens with zero attached hydrogens (tertiary/aromatic N) is 3. The molecule has 0 aliphatic carbocycles. The van der Waals surface area contributed by atoms with Crippen LogP contribution < -0.4 is 5.32 Å². The summed E-state index contributed by atoms with van der Waals surface area (Å²) in [6.07, 6.45) is 2.47. The lowest BCUT2D eigenvalue weighted by atomic mass is 10.2. The van der Waals surface area contributed by atoms with E-state index < -0.39 is 5.97 Å². The molecule has 18 heavy (non-hydrogen) atoms. The Labute approximate surface area is 108 Å². The average Bonchev–Trinajstić information content (AvgIpc) is 2.93. The zero-order valence-corrected chi connectivity index (χ0v) is 10.8. The second kappa shape index (κ2) is 5.63. The number of hydrogen-bond donors (Lipinski definition) is 2. The molecule has 2 aromatic rings. The van der Waals surface area contributed by atoms with Crippen molar-refractivity contribution in [2.75, 3.05) is 5.32 Å². The minimum atomic E-state index is -0.800. The maximum Gasteiger partial charge on any atom is 0.303 e. The van der Waals surface area contributed by atoms with Crippen LogP contribution in [0.4, 0.5) is 5.13 Å². The number of thiazole rings is 1. The van der Waals surface area contributed by atoms with Crippen LogP contribution in [0.2, 0.25) is 0 Å². The third kappa shape index (κ3) is 3.56. The van der Waals surface area contributed by atoms with E-state index in [1.807, 2.05) is 24.7 Å². The van der Waals surface area contributed by atoms with Crippen molar-refractivity contribution in [3.63, 3.8) is 0 Å². The highest BCUT2D eigenvalue weighted by molar-refractivity contribution is 7.13. The summed E-state index contributed by atoms with van der Waals surface area (Å²) in [5, 5.41) is 18.7. The molecule has 2 heterocycles. The van der Waals surface area contributed by atoms with E-state index in [0.29, 0.717) is 13.0 Å². The quantitative estimate of drug-likeness (QED) is 0.828. The minimum absolute atomic E-state index is 0.114. The largest absolute Gasteiger partial charge is 0.481 e. The normalized spacial score (nSPS) is 10.5. The number of nitrogens with one attached hydrogen (secondary N) is 1. The molecule has 0 aliphatic rings. The fraction of sp³-hybridized carbons (Fsp3) is 0.364. The second-order valence-corrected chi connectivity index (χ2v) is 4.73. The van der Waals surface area contributed by atoms with E-state index in [2.05, 4.69) is 15.4 Å². The van der Waals surface area contributed by atoms with E-state index in [-0.39, 0.29) is 6.42 Å². The highest BCUT2D eigenvalue weighted by atomic mass is 32.1. The first kappa shape index (κ1) is 12.6. The molecular weight excluding hydrogens is 252 g/mol. The van der Waals surface area contributed by atoms with Gasteiger partial charge in [0, 0.05) is 25.0 Å². The van der Waals surface area contributed by atoms with Gasteiger partial charge < -0.3 is 10.4 Å². The number of hydrogen-bond acceptors (Lipinski definition) is 5. The van der Waals surface area contributed by atoms with Crippen molar-refractivity contribution in [3.05, 3.63) is 29.0 Å². The fourth-order valence-corrected chi connectivity index (χ4v) is 2.21. The van der Waals surface area contributed by atoms with Gasteiger partial charge in [0.2, 0.25) is 0 Å². The summed E-state index contributed by atoms with van der Waals surface area (Å²) in [5.74, 6) is -0.800. The van der Waals surface area contributed by atoms with Crippen molar-refractivity contribution < 1.29 is 9.90 Å². The number of anilines is 1. The van der Waals surface area contributed by atoms with Crippen LogP contribution in [0.1, 0.15) is 17.8 Å². The summed E-state index contributed by atoms with van der Waals surface area (Å²) in [6, 6.07) is 1.94. The predicted octanol–water partition coefficient (Wildman–Crippen LogP) is 1.51. The van der Waals surface area contributed by atoms with Gasteiger partial charge in [-0.2, -0.15) is 5.10 Å². The van der Waals surface area contributed by atoms with Crippen molar-refractivity contribution in [2.24, 2.45) is 7.05 Å². The molecule has 0 aromatic carbocycles. The number of aliphatic carboxylic acids is 1. The molecule has 96 valence electrons. The topological polar surface area (TPSA) is 80.0 Å². The monoisotopic (exact) mass is 266 g/mol. The molecule has 0 spiro atoms. The lowest BCUT2D eigenvalue weighted by Gasteiger charge is -1.98. The molecule has 0 radical (unpaired) electrons. The molecule has 0 aliphatic heterocycles. The Morgan fingerprint density at radius 2 is 2.39 bits per heavy atom. The molecule has 0 bridgehead atoms. The first-order chi connectivity index (χ1) is 8.63. The summed E-state index contributed by atoms with van der Waals surface area (Å²) in [5.41, 5.74) is 1.76. The Morgan fingerprint density at radius 1 is 1.56 bits per heavy atom. The van der Waals surface area contributed by atoms with Crippen molar-refractivity contribution >= 4 is 22.4 Å². The number of carboxylic acid groups (broad SMARTS) is 1. The maximum absolute atomic E-state index is 10.4. The Kier molecular flexibility index (Phi) is 3.93. The number of aromatic nitrogens is 3. The maximum atomic E-state index is 10.4. The lowest BCUT2D eigenvalue weighted by Crippen LogP contribution is -2.01. The summed E-state index contributed by atoms with van der Waals surface area (Å²) >= 11 is 1.48. The molecule has 2 rings (SSSR count). The van der Waals surface area contributed by atoms with Crippen LogP contribution in [-0.2, 0) is 24.8 Å². The van der Waals surface area contributed by atoms with Gasteiger partial charge in [-0.25, -0.2) is 4.98 Å². The molecule has 7 heteroatoms. The van der Waals surface area contributed by atoms with Gasteiger partial charge in [0.15, 0.2) is 5.13 Å². The highest BCUT2D eigenvalue weighted by Gasteiger charge is 2.05. The van der Waals surface area contributed by atoms with E-state index in [4.69, 9.17) is 5.11 Å². The van der Waals surface area contributed by atoms with Gasteiger partial charge in [0.1, 0.15) is 0 Å². The third-order valence-electron chi connectivity index (χ3n) is 2.34. The minimum Gasteiger partial charge on any atom is -0.481 e. The second-order valence-electron chi connectivity index (χ2n) is 3.87. The molecule has 0 atom stereocenters. The number of carboxylic acids is 1. The molecule has 0 amide bonds. The number of aryl methyl sites for hydroxylation is 2. The third-order valence-corrected chi connectivity index (χ3v) is 3.19. The van der Waals surface area contributed by atoms with E-state index >= 15 is 0 Å². The van der Waals surface area contributed by atoms with Gasteiger partial charge in [0.05, 0.1) is 24.4 Å². The number of rotatable bonds is 6. The highest BCUT2D eigenvalue weighted by Crippen LogP contribution is 2.17. The number of carbonyl (C=O) groups is 1. The van der Waals surface area contributed by atoms with E-state index in [0.717, 1.165) is 16.5 Å².